The largest absolute Gasteiger partial charge is 0.493 e. The smallest absolute Gasteiger partial charge is 0.137 e. The molecule has 0 N–H and O–H groups in total. The fourth-order valence-corrected chi connectivity index (χ4v) is 1.32. The average Bonchev–Trinajstić information content (AvgIpc) is 2.18. The monoisotopic (exact) mass is 262 g/mol. The third-order valence-corrected chi connectivity index (χ3v) is 2.26. The van der Waals surface area contributed by atoms with Gasteiger partial charge >= 0.3 is 0 Å². The molecule has 0 aromatic heterocycles. The van der Waals surface area contributed by atoms with Crippen molar-refractivity contribution in [2.45, 2.75) is 6.42 Å². The molecule has 1 aromatic rings. The van der Waals surface area contributed by atoms with Crippen LogP contribution in [0.2, 0.25) is 0 Å². The van der Waals surface area contributed by atoms with Crippen molar-refractivity contribution in [2.24, 2.45) is 0 Å². The number of hydrogen-bond donors (Lipinski definition) is 0. The van der Waals surface area contributed by atoms with Crippen molar-refractivity contribution in [1.82, 2.24) is 0 Å². The van der Waals surface area contributed by atoms with Gasteiger partial charge in [-0.25, -0.2) is 4.39 Å². The summed E-state index contributed by atoms with van der Waals surface area (Å²) in [6.45, 7) is 1.24. The van der Waals surface area contributed by atoms with E-state index in [0.29, 0.717) is 23.4 Å². The minimum absolute atomic E-state index is 0.283. The zero-order chi connectivity index (χ0) is 10.4. The second kappa shape index (κ2) is 5.98. The van der Waals surface area contributed by atoms with Crippen LogP contribution in [0.5, 0.6) is 5.75 Å². The molecule has 1 rings (SSSR count). The maximum Gasteiger partial charge on any atom is 0.137 e. The Labute approximate surface area is 91.2 Å². The minimum atomic E-state index is -0.283. The van der Waals surface area contributed by atoms with Crippen LogP contribution < -0.4 is 4.74 Å². The van der Waals surface area contributed by atoms with Crippen LogP contribution in [0.3, 0.4) is 0 Å². The number of rotatable bonds is 5. The van der Waals surface area contributed by atoms with Gasteiger partial charge in [0.05, 0.1) is 11.1 Å². The van der Waals surface area contributed by atoms with E-state index < -0.39 is 0 Å². The van der Waals surface area contributed by atoms with E-state index >= 15 is 0 Å². The van der Waals surface area contributed by atoms with Gasteiger partial charge < -0.3 is 9.47 Å². The van der Waals surface area contributed by atoms with E-state index in [1.807, 2.05) is 0 Å². The highest BCUT2D eigenvalue weighted by molar-refractivity contribution is 9.10. The van der Waals surface area contributed by atoms with Gasteiger partial charge in [-0.15, -0.1) is 0 Å². The maximum absolute atomic E-state index is 12.8. The van der Waals surface area contributed by atoms with Crippen molar-refractivity contribution in [3.8, 4) is 5.75 Å². The summed E-state index contributed by atoms with van der Waals surface area (Å²) >= 11 is 3.09. The maximum atomic E-state index is 12.8. The summed E-state index contributed by atoms with van der Waals surface area (Å²) in [4.78, 5) is 0. The standard InChI is InChI=1S/C10H12BrFO2/c1-13-5-2-6-14-8-3-4-10(12)9(11)7-8/h3-4,7H,2,5-6H2,1H3. The predicted octanol–water partition coefficient (Wildman–Crippen LogP) is 3.00. The van der Waals surface area contributed by atoms with Crippen molar-refractivity contribution in [2.75, 3.05) is 20.3 Å². The Bertz CT molecular complexity index is 291. The van der Waals surface area contributed by atoms with Crippen LogP contribution in [-0.4, -0.2) is 20.3 Å². The molecule has 0 aliphatic rings. The molecule has 0 heterocycles. The van der Waals surface area contributed by atoms with Crippen LogP contribution >= 0.6 is 15.9 Å². The van der Waals surface area contributed by atoms with E-state index in [1.54, 1.807) is 19.2 Å². The van der Waals surface area contributed by atoms with Crippen molar-refractivity contribution in [3.05, 3.63) is 28.5 Å². The second-order valence-corrected chi connectivity index (χ2v) is 3.63. The summed E-state index contributed by atoms with van der Waals surface area (Å²) < 4.78 is 23.5. The first-order chi connectivity index (χ1) is 6.74. The van der Waals surface area contributed by atoms with E-state index in [0.717, 1.165) is 6.42 Å². The minimum Gasteiger partial charge on any atom is -0.493 e. The Kier molecular flexibility index (Phi) is 4.90. The zero-order valence-corrected chi connectivity index (χ0v) is 9.51. The Balaban J connectivity index is 2.39. The van der Waals surface area contributed by atoms with Gasteiger partial charge in [0.1, 0.15) is 11.6 Å². The van der Waals surface area contributed by atoms with Crippen LogP contribution in [0, 0.1) is 5.82 Å². The van der Waals surface area contributed by atoms with Crippen molar-refractivity contribution in [1.29, 1.82) is 0 Å². The molecule has 0 atom stereocenters. The molecule has 0 bridgehead atoms. The van der Waals surface area contributed by atoms with Gasteiger partial charge in [0.15, 0.2) is 0 Å². The lowest BCUT2D eigenvalue weighted by Crippen LogP contribution is -2.01. The van der Waals surface area contributed by atoms with Crippen LogP contribution in [0.15, 0.2) is 22.7 Å². The Morgan fingerprint density at radius 2 is 2.14 bits per heavy atom. The van der Waals surface area contributed by atoms with E-state index in [4.69, 9.17) is 9.47 Å². The summed E-state index contributed by atoms with van der Waals surface area (Å²) in [6.07, 6.45) is 0.825. The van der Waals surface area contributed by atoms with Gasteiger partial charge in [-0.1, -0.05) is 0 Å². The van der Waals surface area contributed by atoms with Crippen LogP contribution in [0.1, 0.15) is 6.42 Å². The molecule has 0 aliphatic heterocycles. The molecule has 0 unspecified atom stereocenters. The Hall–Kier alpha value is -0.610. The van der Waals surface area contributed by atoms with Crippen molar-refractivity contribution >= 4 is 15.9 Å². The van der Waals surface area contributed by atoms with Gasteiger partial charge in [0.25, 0.3) is 0 Å². The van der Waals surface area contributed by atoms with Crippen LogP contribution in [-0.2, 0) is 4.74 Å². The van der Waals surface area contributed by atoms with Gasteiger partial charge in [0, 0.05) is 20.1 Å². The Morgan fingerprint density at radius 3 is 2.79 bits per heavy atom. The van der Waals surface area contributed by atoms with E-state index in [1.165, 1.54) is 6.07 Å². The fourth-order valence-electron chi connectivity index (χ4n) is 0.960. The number of benzene rings is 1. The predicted molar refractivity (Wildman–Crippen MR) is 56.1 cm³/mol. The van der Waals surface area contributed by atoms with Crippen LogP contribution in [0.4, 0.5) is 4.39 Å². The first-order valence-electron chi connectivity index (χ1n) is 4.31. The molecule has 1 aromatic carbocycles. The molecule has 2 nitrogen and oxygen atoms in total. The lowest BCUT2D eigenvalue weighted by Gasteiger charge is -2.06. The first kappa shape index (κ1) is 11.5. The fraction of sp³-hybridized carbons (Fsp3) is 0.400. The van der Waals surface area contributed by atoms with Crippen molar-refractivity contribution < 1.29 is 13.9 Å². The normalized spacial score (nSPS) is 10.2. The average molecular weight is 263 g/mol. The third-order valence-electron chi connectivity index (χ3n) is 1.65. The van der Waals surface area contributed by atoms with Gasteiger partial charge in [0.2, 0.25) is 0 Å². The molecule has 0 fully saturated rings. The highest BCUT2D eigenvalue weighted by atomic mass is 79.9. The lowest BCUT2D eigenvalue weighted by atomic mass is 10.3. The number of halogens is 2. The summed E-state index contributed by atoms with van der Waals surface area (Å²) in [5.74, 6) is 0.378. The second-order valence-electron chi connectivity index (χ2n) is 2.77. The van der Waals surface area contributed by atoms with Crippen LogP contribution in [0.25, 0.3) is 0 Å². The lowest BCUT2D eigenvalue weighted by molar-refractivity contribution is 0.172. The molecular weight excluding hydrogens is 251 g/mol. The number of ether oxygens (including phenoxy) is 2. The third kappa shape index (κ3) is 3.64. The molecule has 0 spiro atoms. The number of hydrogen-bond acceptors (Lipinski definition) is 2. The van der Waals surface area contributed by atoms with Gasteiger partial charge in [-0.3, -0.25) is 0 Å². The molecule has 0 saturated heterocycles. The topological polar surface area (TPSA) is 18.5 Å². The SMILES string of the molecule is COCCCOc1ccc(F)c(Br)c1. The molecule has 14 heavy (non-hydrogen) atoms. The zero-order valence-electron chi connectivity index (χ0n) is 7.93. The quantitative estimate of drug-likeness (QED) is 0.760. The van der Waals surface area contributed by atoms with Crippen molar-refractivity contribution in [3.63, 3.8) is 0 Å². The molecule has 0 saturated carbocycles. The molecule has 0 radical (unpaired) electrons. The molecule has 4 heteroatoms. The molecule has 0 amide bonds. The highest BCUT2D eigenvalue weighted by Gasteiger charge is 2.00. The first-order valence-corrected chi connectivity index (χ1v) is 5.10. The molecule has 0 aliphatic carbocycles. The molecule has 78 valence electrons. The number of methoxy groups -OCH3 is 1. The Morgan fingerprint density at radius 1 is 1.36 bits per heavy atom. The highest BCUT2D eigenvalue weighted by Crippen LogP contribution is 2.21. The van der Waals surface area contributed by atoms with E-state index in [-0.39, 0.29) is 5.82 Å². The van der Waals surface area contributed by atoms with E-state index in [9.17, 15) is 4.39 Å². The van der Waals surface area contributed by atoms with Gasteiger partial charge in [-0.2, -0.15) is 0 Å². The van der Waals surface area contributed by atoms with E-state index in [2.05, 4.69) is 15.9 Å². The summed E-state index contributed by atoms with van der Waals surface area (Å²) in [5.41, 5.74) is 0. The summed E-state index contributed by atoms with van der Waals surface area (Å²) in [5, 5.41) is 0. The summed E-state index contributed by atoms with van der Waals surface area (Å²) in [6, 6.07) is 4.59. The summed E-state index contributed by atoms with van der Waals surface area (Å²) in [7, 11) is 1.65. The molecular formula is C10H12BrFO2. The van der Waals surface area contributed by atoms with Gasteiger partial charge in [-0.05, 0) is 34.1 Å².